The number of aromatic nitrogens is 3. The monoisotopic (exact) mass is 255 g/mol. The first-order chi connectivity index (χ1) is 9.18. The fourth-order valence-electron chi connectivity index (χ4n) is 2.74. The van der Waals surface area contributed by atoms with Gasteiger partial charge < -0.3 is 5.73 Å². The summed E-state index contributed by atoms with van der Waals surface area (Å²) in [6.07, 6.45) is 6.16. The fraction of sp³-hybridized carbons (Fsp3) is 0.357. The number of nitrogens with one attached hydrogen (secondary N) is 1. The molecule has 0 aliphatic heterocycles. The van der Waals surface area contributed by atoms with Crippen LogP contribution in [0.25, 0.3) is 5.82 Å². The van der Waals surface area contributed by atoms with Gasteiger partial charge in [0.25, 0.3) is 0 Å². The molecule has 0 unspecified atom stereocenters. The summed E-state index contributed by atoms with van der Waals surface area (Å²) in [5.41, 5.74) is 8.72. The highest BCUT2D eigenvalue weighted by Crippen LogP contribution is 2.25. The van der Waals surface area contributed by atoms with Crippen molar-refractivity contribution in [3.63, 3.8) is 0 Å². The van der Waals surface area contributed by atoms with Crippen LogP contribution in [0.15, 0.2) is 18.3 Å². The predicted molar refractivity (Wildman–Crippen MR) is 73.8 cm³/mol. The van der Waals surface area contributed by atoms with Crippen molar-refractivity contribution in [2.75, 3.05) is 0 Å². The molecule has 5 nitrogen and oxygen atoms in total. The lowest BCUT2D eigenvalue weighted by atomic mass is 10.0. The number of aryl methyl sites for hydroxylation is 2. The number of fused-ring (bicyclic) bond motifs is 1. The van der Waals surface area contributed by atoms with E-state index in [1.807, 2.05) is 13.0 Å². The fourth-order valence-corrected chi connectivity index (χ4v) is 2.74. The molecule has 0 bridgehead atoms. The Morgan fingerprint density at radius 2 is 2.16 bits per heavy atom. The summed E-state index contributed by atoms with van der Waals surface area (Å²) >= 11 is 0. The molecule has 0 radical (unpaired) electrons. The van der Waals surface area contributed by atoms with E-state index in [-0.39, 0.29) is 5.84 Å². The Labute approximate surface area is 112 Å². The normalized spacial score (nSPS) is 14.2. The lowest BCUT2D eigenvalue weighted by molar-refractivity contribution is 0.653. The zero-order valence-corrected chi connectivity index (χ0v) is 11.0. The number of hydrogen-bond acceptors (Lipinski definition) is 3. The van der Waals surface area contributed by atoms with E-state index < -0.39 is 0 Å². The summed E-state index contributed by atoms with van der Waals surface area (Å²) < 4.78 is 2.06. The van der Waals surface area contributed by atoms with E-state index in [2.05, 4.69) is 14.5 Å². The van der Waals surface area contributed by atoms with E-state index in [0.717, 1.165) is 24.5 Å². The third-order valence-corrected chi connectivity index (χ3v) is 3.59. The average molecular weight is 255 g/mol. The van der Waals surface area contributed by atoms with Gasteiger partial charge in [0.2, 0.25) is 0 Å². The third-order valence-electron chi connectivity index (χ3n) is 3.59. The van der Waals surface area contributed by atoms with Crippen molar-refractivity contribution in [3.8, 4) is 5.82 Å². The summed E-state index contributed by atoms with van der Waals surface area (Å²) in [5, 5.41) is 7.69. The largest absolute Gasteiger partial charge is 0.384 e. The molecule has 0 spiro atoms. The average Bonchev–Trinajstić information content (AvgIpc) is 2.74. The first-order valence-corrected chi connectivity index (χ1v) is 6.55. The zero-order valence-electron chi connectivity index (χ0n) is 11.0. The lowest BCUT2D eigenvalue weighted by Crippen LogP contribution is -2.18. The third kappa shape index (κ3) is 1.91. The molecule has 1 aliphatic rings. The number of nitrogens with zero attached hydrogens (tertiary/aromatic N) is 3. The summed E-state index contributed by atoms with van der Waals surface area (Å²) in [6, 6.07) is 3.64. The molecule has 0 saturated carbocycles. The van der Waals surface area contributed by atoms with E-state index in [1.54, 1.807) is 12.3 Å². The second-order valence-electron chi connectivity index (χ2n) is 4.88. The van der Waals surface area contributed by atoms with Gasteiger partial charge in [-0.1, -0.05) is 0 Å². The van der Waals surface area contributed by atoms with Gasteiger partial charge in [-0.3, -0.25) is 9.98 Å². The molecule has 0 fully saturated rings. The molecule has 0 aromatic carbocycles. The number of amidine groups is 1. The number of pyridine rings is 1. The molecule has 3 N–H and O–H groups in total. The quantitative estimate of drug-likeness (QED) is 0.633. The van der Waals surface area contributed by atoms with Crippen LogP contribution in [0.3, 0.4) is 0 Å². The van der Waals surface area contributed by atoms with Crippen LogP contribution in [0, 0.1) is 12.3 Å². The van der Waals surface area contributed by atoms with Crippen molar-refractivity contribution >= 4 is 5.84 Å². The molecule has 19 heavy (non-hydrogen) atoms. The van der Waals surface area contributed by atoms with Gasteiger partial charge in [-0.2, -0.15) is 0 Å². The highest BCUT2D eigenvalue weighted by Gasteiger charge is 2.21. The van der Waals surface area contributed by atoms with E-state index in [1.165, 1.54) is 24.2 Å². The van der Waals surface area contributed by atoms with Crippen molar-refractivity contribution < 1.29 is 0 Å². The molecule has 1 aliphatic carbocycles. The molecular formula is C14H17N5. The number of hydrogen-bond donors (Lipinski definition) is 2. The zero-order chi connectivity index (χ0) is 13.4. The van der Waals surface area contributed by atoms with Gasteiger partial charge in [0, 0.05) is 11.9 Å². The molecule has 5 heteroatoms. The van der Waals surface area contributed by atoms with Crippen molar-refractivity contribution in [1.29, 1.82) is 5.41 Å². The molecule has 0 saturated heterocycles. The summed E-state index contributed by atoms with van der Waals surface area (Å²) in [7, 11) is 0. The van der Waals surface area contributed by atoms with Gasteiger partial charge in [0.15, 0.2) is 0 Å². The molecule has 0 amide bonds. The first kappa shape index (κ1) is 11.9. The highest BCUT2D eigenvalue weighted by atomic mass is 15.1. The van der Waals surface area contributed by atoms with Gasteiger partial charge in [0.05, 0.1) is 11.3 Å². The van der Waals surface area contributed by atoms with Gasteiger partial charge >= 0.3 is 0 Å². The first-order valence-electron chi connectivity index (χ1n) is 6.55. The van der Waals surface area contributed by atoms with Crippen molar-refractivity contribution in [1.82, 2.24) is 14.5 Å². The molecule has 2 aromatic rings. The number of rotatable bonds is 2. The Morgan fingerprint density at radius 1 is 1.37 bits per heavy atom. The van der Waals surface area contributed by atoms with Crippen LogP contribution in [0.4, 0.5) is 0 Å². The minimum absolute atomic E-state index is 0.0424. The Morgan fingerprint density at radius 3 is 2.95 bits per heavy atom. The highest BCUT2D eigenvalue weighted by molar-refractivity contribution is 5.97. The van der Waals surface area contributed by atoms with E-state index in [9.17, 15) is 0 Å². The molecule has 2 aromatic heterocycles. The maximum absolute atomic E-state index is 7.69. The van der Waals surface area contributed by atoms with Gasteiger partial charge in [-0.05, 0) is 44.7 Å². The minimum Gasteiger partial charge on any atom is -0.384 e. The van der Waals surface area contributed by atoms with E-state index >= 15 is 0 Å². The Balaban J connectivity index is 2.23. The second-order valence-corrected chi connectivity index (χ2v) is 4.88. The van der Waals surface area contributed by atoms with E-state index in [4.69, 9.17) is 11.1 Å². The standard InChI is InChI=1S/C14H17N5/c1-9-18-11-6-2-3-7-12(11)19(9)14-10(13(15)16)5-4-8-17-14/h4-5,8H,2-3,6-7H2,1H3,(H3,15,16). The van der Waals surface area contributed by atoms with Crippen molar-refractivity contribution in [2.24, 2.45) is 5.73 Å². The summed E-state index contributed by atoms with van der Waals surface area (Å²) in [6.45, 7) is 1.98. The molecule has 2 heterocycles. The van der Waals surface area contributed by atoms with Gasteiger partial charge in [-0.15, -0.1) is 0 Å². The lowest BCUT2D eigenvalue weighted by Gasteiger charge is -2.16. The molecule has 3 rings (SSSR count). The number of nitrogen functional groups attached to an aromatic ring is 1. The second kappa shape index (κ2) is 4.50. The summed E-state index contributed by atoms with van der Waals surface area (Å²) in [4.78, 5) is 9.05. The molecule has 0 atom stereocenters. The number of nitrogens with two attached hydrogens (primary N) is 1. The van der Waals surface area contributed by atoms with Crippen LogP contribution in [-0.2, 0) is 12.8 Å². The smallest absolute Gasteiger partial charge is 0.149 e. The maximum atomic E-state index is 7.69. The Bertz CT molecular complexity index is 641. The van der Waals surface area contributed by atoms with Crippen LogP contribution in [-0.4, -0.2) is 20.4 Å². The topological polar surface area (TPSA) is 80.6 Å². The molecular weight excluding hydrogens is 238 g/mol. The van der Waals surface area contributed by atoms with E-state index in [0.29, 0.717) is 5.56 Å². The molecule has 98 valence electrons. The van der Waals surface area contributed by atoms with Crippen LogP contribution in [0.1, 0.15) is 35.6 Å². The maximum Gasteiger partial charge on any atom is 0.149 e. The van der Waals surface area contributed by atoms with Gasteiger partial charge in [0.1, 0.15) is 17.5 Å². The minimum atomic E-state index is 0.0424. The Kier molecular flexibility index (Phi) is 2.81. The van der Waals surface area contributed by atoms with Crippen LogP contribution < -0.4 is 5.73 Å². The van der Waals surface area contributed by atoms with Gasteiger partial charge in [-0.25, -0.2) is 9.97 Å². The number of imidazole rings is 1. The van der Waals surface area contributed by atoms with Crippen LogP contribution >= 0.6 is 0 Å². The Hall–Kier alpha value is -2.17. The van der Waals surface area contributed by atoms with Crippen molar-refractivity contribution in [2.45, 2.75) is 32.6 Å². The predicted octanol–water partition coefficient (Wildman–Crippen LogP) is 1.74. The summed E-state index contributed by atoms with van der Waals surface area (Å²) in [5.74, 6) is 1.69. The van der Waals surface area contributed by atoms with Crippen LogP contribution in [0.2, 0.25) is 0 Å². The van der Waals surface area contributed by atoms with Crippen molar-refractivity contribution in [3.05, 3.63) is 41.1 Å². The van der Waals surface area contributed by atoms with Crippen LogP contribution in [0.5, 0.6) is 0 Å². The SMILES string of the molecule is Cc1nc2c(n1-c1ncccc1C(=N)N)CCCC2.